The zero-order valence-electron chi connectivity index (χ0n) is 11.2. The summed E-state index contributed by atoms with van der Waals surface area (Å²) in [6.45, 7) is 1.30. The van der Waals surface area contributed by atoms with Crippen molar-refractivity contribution in [2.75, 3.05) is 33.1 Å². The topological polar surface area (TPSA) is 55.8 Å². The summed E-state index contributed by atoms with van der Waals surface area (Å²) in [7, 11) is -1.51. The predicted octanol–water partition coefficient (Wildman–Crippen LogP) is 0.898. The van der Waals surface area contributed by atoms with Crippen molar-refractivity contribution in [3.63, 3.8) is 0 Å². The minimum Gasteiger partial charge on any atom is -0.497 e. The molecule has 0 amide bonds. The van der Waals surface area contributed by atoms with Crippen LogP contribution in [0.1, 0.15) is 5.56 Å². The van der Waals surface area contributed by atoms with Crippen LogP contribution in [-0.4, -0.2) is 51.9 Å². The highest BCUT2D eigenvalue weighted by Crippen LogP contribution is 2.17. The van der Waals surface area contributed by atoms with Gasteiger partial charge in [0.1, 0.15) is 5.75 Å². The Kier molecular flexibility index (Phi) is 4.44. The number of benzene rings is 1. The lowest BCUT2D eigenvalue weighted by molar-refractivity contribution is -0.000303. The monoisotopic (exact) mass is 285 g/mol. The molecule has 6 heteroatoms. The molecule has 0 radical (unpaired) electrons. The van der Waals surface area contributed by atoms with Crippen molar-refractivity contribution < 1.29 is 17.9 Å². The quantitative estimate of drug-likeness (QED) is 0.825. The Morgan fingerprint density at radius 3 is 2.95 bits per heavy atom. The predicted molar refractivity (Wildman–Crippen MR) is 72.9 cm³/mol. The standard InChI is InChI=1S/C13H19NO4S/c1-17-12-5-3-4-11(8-12)9-13-10-14(6-7-18-13)19(2,15)16/h3-5,8,13H,6-7,9-10H2,1-2H3. The first-order valence-electron chi connectivity index (χ1n) is 6.18. The first-order valence-corrected chi connectivity index (χ1v) is 8.03. The molecule has 2 rings (SSSR count). The normalized spacial score (nSPS) is 21.3. The second-order valence-electron chi connectivity index (χ2n) is 4.67. The van der Waals surface area contributed by atoms with E-state index in [1.165, 1.54) is 10.6 Å². The van der Waals surface area contributed by atoms with Crippen molar-refractivity contribution in [3.8, 4) is 5.75 Å². The molecule has 106 valence electrons. The molecule has 0 bridgehead atoms. The highest BCUT2D eigenvalue weighted by molar-refractivity contribution is 7.88. The largest absolute Gasteiger partial charge is 0.497 e. The average Bonchev–Trinajstić information content (AvgIpc) is 2.38. The third-order valence-corrected chi connectivity index (χ3v) is 4.44. The van der Waals surface area contributed by atoms with E-state index in [1.807, 2.05) is 24.3 Å². The fourth-order valence-corrected chi connectivity index (χ4v) is 3.02. The van der Waals surface area contributed by atoms with Crippen LogP contribution in [-0.2, 0) is 21.2 Å². The molecular formula is C13H19NO4S. The van der Waals surface area contributed by atoms with Crippen LogP contribution in [0.3, 0.4) is 0 Å². The number of hydrogen-bond donors (Lipinski definition) is 0. The first-order chi connectivity index (χ1) is 8.99. The Morgan fingerprint density at radius 1 is 1.47 bits per heavy atom. The fraction of sp³-hybridized carbons (Fsp3) is 0.538. The molecule has 1 aliphatic heterocycles. The van der Waals surface area contributed by atoms with Crippen LogP contribution in [0.4, 0.5) is 0 Å². The van der Waals surface area contributed by atoms with Crippen LogP contribution < -0.4 is 4.74 Å². The number of morpholine rings is 1. The van der Waals surface area contributed by atoms with Gasteiger partial charge in [-0.25, -0.2) is 8.42 Å². The second-order valence-corrected chi connectivity index (χ2v) is 6.65. The molecule has 5 nitrogen and oxygen atoms in total. The summed E-state index contributed by atoms with van der Waals surface area (Å²) >= 11 is 0. The molecule has 19 heavy (non-hydrogen) atoms. The van der Waals surface area contributed by atoms with Gasteiger partial charge >= 0.3 is 0 Å². The van der Waals surface area contributed by atoms with E-state index >= 15 is 0 Å². The number of sulfonamides is 1. The first kappa shape index (κ1) is 14.3. The van der Waals surface area contributed by atoms with Crippen molar-refractivity contribution in [2.45, 2.75) is 12.5 Å². The zero-order valence-corrected chi connectivity index (χ0v) is 12.0. The van der Waals surface area contributed by atoms with E-state index in [4.69, 9.17) is 9.47 Å². The summed E-state index contributed by atoms with van der Waals surface area (Å²) in [4.78, 5) is 0. The van der Waals surface area contributed by atoms with Gasteiger partial charge in [0.25, 0.3) is 0 Å². The molecule has 1 unspecified atom stereocenters. The van der Waals surface area contributed by atoms with Crippen molar-refractivity contribution in [3.05, 3.63) is 29.8 Å². The third-order valence-electron chi connectivity index (χ3n) is 3.17. The molecule has 0 spiro atoms. The smallest absolute Gasteiger partial charge is 0.211 e. The van der Waals surface area contributed by atoms with Gasteiger partial charge in [-0.05, 0) is 17.7 Å². The lowest BCUT2D eigenvalue weighted by Crippen LogP contribution is -2.45. The van der Waals surface area contributed by atoms with E-state index in [0.29, 0.717) is 26.1 Å². The molecule has 1 saturated heterocycles. The van der Waals surface area contributed by atoms with Crippen molar-refractivity contribution in [1.29, 1.82) is 0 Å². The second kappa shape index (κ2) is 5.90. The molecule has 1 atom stereocenters. The minimum absolute atomic E-state index is 0.101. The summed E-state index contributed by atoms with van der Waals surface area (Å²) < 4.78 is 35.3. The van der Waals surface area contributed by atoms with Crippen LogP contribution in [0.5, 0.6) is 5.75 Å². The summed E-state index contributed by atoms with van der Waals surface area (Å²) in [5.74, 6) is 0.799. The molecule has 0 aliphatic carbocycles. The van der Waals surface area contributed by atoms with E-state index in [1.54, 1.807) is 7.11 Å². The molecule has 1 fully saturated rings. The number of methoxy groups -OCH3 is 1. The zero-order chi connectivity index (χ0) is 13.9. The van der Waals surface area contributed by atoms with E-state index in [-0.39, 0.29) is 6.10 Å². The van der Waals surface area contributed by atoms with Crippen LogP contribution in [0.15, 0.2) is 24.3 Å². The van der Waals surface area contributed by atoms with Crippen LogP contribution in [0.25, 0.3) is 0 Å². The van der Waals surface area contributed by atoms with Gasteiger partial charge in [0.2, 0.25) is 10.0 Å². The van der Waals surface area contributed by atoms with Gasteiger partial charge in [-0.15, -0.1) is 0 Å². The van der Waals surface area contributed by atoms with Crippen LogP contribution >= 0.6 is 0 Å². The van der Waals surface area contributed by atoms with E-state index in [0.717, 1.165) is 11.3 Å². The van der Waals surface area contributed by atoms with Crippen LogP contribution in [0.2, 0.25) is 0 Å². The Bertz CT molecular complexity index is 529. The van der Waals surface area contributed by atoms with Gasteiger partial charge in [0, 0.05) is 19.5 Å². The highest BCUT2D eigenvalue weighted by Gasteiger charge is 2.26. The summed E-state index contributed by atoms with van der Waals surface area (Å²) in [5.41, 5.74) is 1.08. The minimum atomic E-state index is -3.14. The number of hydrogen-bond acceptors (Lipinski definition) is 4. The van der Waals surface area contributed by atoms with Gasteiger partial charge in [-0.1, -0.05) is 12.1 Å². The maximum atomic E-state index is 11.5. The van der Waals surface area contributed by atoms with Gasteiger partial charge in [0.15, 0.2) is 0 Å². The Morgan fingerprint density at radius 2 is 2.26 bits per heavy atom. The summed E-state index contributed by atoms with van der Waals surface area (Å²) in [6, 6.07) is 7.74. The van der Waals surface area contributed by atoms with Gasteiger partial charge in [-0.2, -0.15) is 4.31 Å². The molecule has 1 heterocycles. The lowest BCUT2D eigenvalue weighted by Gasteiger charge is -2.31. The van der Waals surface area contributed by atoms with Crippen molar-refractivity contribution >= 4 is 10.0 Å². The molecule has 0 N–H and O–H groups in total. The Labute approximate surface area is 114 Å². The van der Waals surface area contributed by atoms with Gasteiger partial charge < -0.3 is 9.47 Å². The van der Waals surface area contributed by atoms with E-state index < -0.39 is 10.0 Å². The Hall–Kier alpha value is -1.11. The molecule has 0 aromatic heterocycles. The van der Waals surface area contributed by atoms with E-state index in [9.17, 15) is 8.42 Å². The number of rotatable bonds is 4. The van der Waals surface area contributed by atoms with Crippen molar-refractivity contribution in [1.82, 2.24) is 4.31 Å². The molecule has 1 aliphatic rings. The Balaban J connectivity index is 2.02. The summed E-state index contributed by atoms with van der Waals surface area (Å²) in [5, 5.41) is 0. The highest BCUT2D eigenvalue weighted by atomic mass is 32.2. The van der Waals surface area contributed by atoms with Crippen molar-refractivity contribution in [2.24, 2.45) is 0 Å². The maximum Gasteiger partial charge on any atom is 0.211 e. The maximum absolute atomic E-state index is 11.5. The van der Waals surface area contributed by atoms with Crippen LogP contribution in [0, 0.1) is 0 Å². The average molecular weight is 285 g/mol. The third kappa shape index (κ3) is 3.92. The fourth-order valence-electron chi connectivity index (χ4n) is 2.18. The SMILES string of the molecule is COc1cccc(CC2CN(S(C)(=O)=O)CCO2)c1. The molecule has 1 aromatic carbocycles. The van der Waals surface area contributed by atoms with Gasteiger partial charge in [-0.3, -0.25) is 0 Å². The molecule has 0 saturated carbocycles. The lowest BCUT2D eigenvalue weighted by atomic mass is 10.1. The number of ether oxygens (including phenoxy) is 2. The molecular weight excluding hydrogens is 266 g/mol. The molecule has 1 aromatic rings. The number of nitrogens with zero attached hydrogens (tertiary/aromatic N) is 1. The summed E-state index contributed by atoms with van der Waals surface area (Å²) in [6.07, 6.45) is 1.82. The van der Waals surface area contributed by atoms with E-state index in [2.05, 4.69) is 0 Å². The van der Waals surface area contributed by atoms with Gasteiger partial charge in [0.05, 0.1) is 26.1 Å².